The molecule has 19 nitrogen and oxygen atoms in total. The first-order valence-electron chi connectivity index (χ1n) is 23.9. The van der Waals surface area contributed by atoms with Crippen LogP contribution in [0.15, 0.2) is 183 Å². The Bertz CT molecular complexity index is 4110. The normalized spacial score (nSPS) is 10.9. The molecule has 0 saturated heterocycles. The van der Waals surface area contributed by atoms with Crippen molar-refractivity contribution < 1.29 is 51.1 Å². The summed E-state index contributed by atoms with van der Waals surface area (Å²) in [5.41, 5.74) is 27.5. The molecule has 0 saturated carbocycles. The molecule has 5 aromatic heterocycles. The Labute approximate surface area is 538 Å². The third-order valence-electron chi connectivity index (χ3n) is 11.4. The first-order chi connectivity index (χ1) is 38.7. The molecular formula is C57H48Br3Cl3N15NaO4. The van der Waals surface area contributed by atoms with Crippen molar-refractivity contribution in [3.05, 3.63) is 210 Å². The van der Waals surface area contributed by atoms with Crippen molar-refractivity contribution in [1.82, 2.24) is 56.3 Å². The van der Waals surface area contributed by atoms with Crippen LogP contribution in [0.4, 0.5) is 29.0 Å². The number of phenols is 1. The standard InChI is InChI=1S/C21H18N6O.C14H10BrN3O.C8H3BrCl2N2.C8H5BrClN3.C6H6O.H3N.Na.H2O.H/c22-19-20(24-12-5-2-1-3-6-12)27-18-13(7-4-8-16(18)26-19)17-11-14-15(25-17)9-10-23-21(14)28;15-10-7-4-8-11-12(10)18-14(13(16)17-11)19-9-5-2-1-3-6-9;9-4-2-1-3-5-6(4)13-8(11)7(10)12-5;9-4-2-1-3-5-6(4)13-7(10)8(11)12-5;7-6-4-2-1-3-5-6;;;;/h1-8,11,25H,9-10H2,(H2,22,26)(H,23,28)(H,24,27);1-8H,(H2,16,17);1-3H;1-3H,(H2,11,12);1-5,7H;1H3;;1H2;/q;;;;;;+1;;-1. The van der Waals surface area contributed by atoms with Crippen molar-refractivity contribution in [2.45, 2.75) is 6.42 Å². The van der Waals surface area contributed by atoms with E-state index in [1.54, 1.807) is 24.3 Å². The van der Waals surface area contributed by atoms with E-state index >= 15 is 0 Å². The SMILES string of the molecule is Clc1nc2cccc(Br)c2nc1Cl.N.Nc1nc2cccc(-c3cc4c([nH]3)CCNC4=O)c2nc1Nc1ccccc1.Nc1nc2cccc(Br)c2nc1Cl.Nc1nc2cccc(Br)c2nc1Oc1ccccc1.O.Oc1ccccc1.[H-].[Na+]. The van der Waals surface area contributed by atoms with Gasteiger partial charge in [-0.05, 0) is 133 Å². The van der Waals surface area contributed by atoms with Crippen molar-refractivity contribution in [2.75, 3.05) is 29.1 Å². The number of amides is 1. The minimum atomic E-state index is -0.0502. The molecule has 13 rings (SSSR count). The fourth-order valence-corrected chi connectivity index (χ4v) is 9.40. The number of nitrogens with one attached hydrogen (secondary N) is 3. The van der Waals surface area contributed by atoms with Crippen LogP contribution in [0.25, 0.3) is 55.4 Å². The quantitative estimate of drug-likeness (QED) is 0.0742. The van der Waals surface area contributed by atoms with Crippen LogP contribution >= 0.6 is 82.6 Å². The summed E-state index contributed by atoms with van der Waals surface area (Å²) in [4.78, 5) is 49.8. The number of aromatic amines is 1. The van der Waals surface area contributed by atoms with Crippen molar-refractivity contribution in [1.29, 1.82) is 0 Å². The molecule has 0 aliphatic carbocycles. The largest absolute Gasteiger partial charge is 1.00 e. The molecule has 15 N–H and O–H groups in total. The number of carbonyl (C=O) groups excluding carboxylic acids is 1. The zero-order valence-electron chi connectivity index (χ0n) is 44.6. The Kier molecular flexibility index (Phi) is 23.7. The van der Waals surface area contributed by atoms with Gasteiger partial charge in [0.2, 0.25) is 0 Å². The van der Waals surface area contributed by atoms with Gasteiger partial charge in [0.05, 0.1) is 27.6 Å². The second-order valence-corrected chi connectivity index (χ2v) is 20.5. The summed E-state index contributed by atoms with van der Waals surface area (Å²) in [6.45, 7) is 0.642. The van der Waals surface area contributed by atoms with Gasteiger partial charge >= 0.3 is 29.6 Å². The number of aromatic hydroxyl groups is 1. The molecule has 83 heavy (non-hydrogen) atoms. The van der Waals surface area contributed by atoms with E-state index in [-0.39, 0.29) is 75.6 Å². The van der Waals surface area contributed by atoms with Crippen LogP contribution in [-0.4, -0.2) is 67.9 Å². The molecule has 418 valence electrons. The zero-order chi connectivity index (χ0) is 56.3. The molecule has 1 amide bonds. The maximum absolute atomic E-state index is 12.1. The number of ether oxygens (including phenoxy) is 1. The molecule has 0 spiro atoms. The van der Waals surface area contributed by atoms with Crippen LogP contribution in [0.1, 0.15) is 17.5 Å². The Morgan fingerprint density at radius 2 is 1.02 bits per heavy atom. The van der Waals surface area contributed by atoms with Crippen molar-refractivity contribution in [2.24, 2.45) is 0 Å². The van der Waals surface area contributed by atoms with Crippen LogP contribution in [0.5, 0.6) is 17.4 Å². The Hall–Kier alpha value is -7.32. The van der Waals surface area contributed by atoms with E-state index < -0.39 is 0 Å². The number of nitrogens with two attached hydrogens (primary N) is 3. The van der Waals surface area contributed by atoms with Gasteiger partial charge in [0.15, 0.2) is 38.7 Å². The number of rotatable bonds is 5. The maximum Gasteiger partial charge on any atom is 1.00 e. The van der Waals surface area contributed by atoms with Crippen LogP contribution in [-0.2, 0) is 6.42 Å². The van der Waals surface area contributed by atoms with E-state index in [1.807, 2.05) is 146 Å². The fourth-order valence-electron chi connectivity index (χ4n) is 7.68. The molecule has 0 radical (unpaired) electrons. The van der Waals surface area contributed by atoms with Crippen LogP contribution in [0, 0.1) is 0 Å². The molecule has 0 unspecified atom stereocenters. The van der Waals surface area contributed by atoms with E-state index in [1.165, 1.54) is 0 Å². The van der Waals surface area contributed by atoms with Gasteiger partial charge in [-0.25, -0.2) is 39.9 Å². The van der Waals surface area contributed by atoms with Gasteiger partial charge in [0, 0.05) is 49.0 Å². The average molecular weight is 1380 g/mol. The molecule has 26 heteroatoms. The summed E-state index contributed by atoms with van der Waals surface area (Å²) < 4.78 is 8.23. The second-order valence-electron chi connectivity index (χ2n) is 16.9. The van der Waals surface area contributed by atoms with Crippen molar-refractivity contribution >= 4 is 162 Å². The molecule has 7 aromatic carbocycles. The van der Waals surface area contributed by atoms with E-state index in [0.717, 1.165) is 75.6 Å². The third kappa shape index (κ3) is 16.5. The van der Waals surface area contributed by atoms with E-state index in [4.69, 9.17) is 66.8 Å². The molecule has 12 aromatic rings. The van der Waals surface area contributed by atoms with Crippen LogP contribution in [0.3, 0.4) is 0 Å². The minimum absolute atomic E-state index is 0. The first kappa shape index (κ1) is 64.8. The van der Waals surface area contributed by atoms with Gasteiger partial charge in [0.25, 0.3) is 11.8 Å². The number of fused-ring (bicyclic) bond motifs is 5. The number of nitrogens with zero attached hydrogens (tertiary/aromatic N) is 8. The number of halogens is 6. The van der Waals surface area contributed by atoms with Crippen LogP contribution in [0.2, 0.25) is 15.5 Å². The summed E-state index contributed by atoms with van der Waals surface area (Å²) in [6.07, 6.45) is 0.783. The Morgan fingerprint density at radius 3 is 1.59 bits per heavy atom. The number of hydrogen-bond donors (Lipinski definition) is 8. The van der Waals surface area contributed by atoms with Crippen LogP contribution < -0.4 is 68.3 Å². The predicted molar refractivity (Wildman–Crippen MR) is 339 cm³/mol. The summed E-state index contributed by atoms with van der Waals surface area (Å²) in [5.74, 6) is 2.62. The second kappa shape index (κ2) is 30.3. The summed E-state index contributed by atoms with van der Waals surface area (Å²) >= 11 is 27.3. The minimum Gasteiger partial charge on any atom is -1.00 e. The first-order valence-corrected chi connectivity index (χ1v) is 27.4. The van der Waals surface area contributed by atoms with E-state index in [9.17, 15) is 4.79 Å². The molecule has 0 atom stereocenters. The predicted octanol–water partition coefficient (Wildman–Crippen LogP) is 11.2. The number of hydrogen-bond acceptors (Lipinski definition) is 16. The van der Waals surface area contributed by atoms with Crippen molar-refractivity contribution in [3.8, 4) is 28.6 Å². The van der Waals surface area contributed by atoms with Gasteiger partial charge < -0.3 is 55.7 Å². The molecule has 0 bridgehead atoms. The number of benzene rings is 7. The van der Waals surface area contributed by atoms with Gasteiger partial charge in [-0.2, -0.15) is 0 Å². The number of nitrogen functional groups attached to an aromatic ring is 3. The monoisotopic (exact) mass is 1370 g/mol. The molecule has 0 fully saturated rings. The molecule has 1 aliphatic rings. The molecular weight excluding hydrogens is 1330 g/mol. The van der Waals surface area contributed by atoms with Gasteiger partial charge in [-0.15, -0.1) is 0 Å². The zero-order valence-corrected chi connectivity index (χ0v) is 52.7. The number of H-pyrrole nitrogens is 1. The van der Waals surface area contributed by atoms with E-state index in [0.29, 0.717) is 52.2 Å². The summed E-state index contributed by atoms with van der Waals surface area (Å²) in [5, 5.41) is 15.4. The van der Waals surface area contributed by atoms with Gasteiger partial charge in [-0.3, -0.25) is 4.79 Å². The summed E-state index contributed by atoms with van der Waals surface area (Å²) in [7, 11) is 0. The number of anilines is 5. The Balaban J connectivity index is 0.000000202. The third-order valence-corrected chi connectivity index (χ3v) is 14.2. The number of aromatic nitrogens is 9. The number of para-hydroxylation sites is 7. The smallest absolute Gasteiger partial charge is 1.00 e. The fraction of sp³-hybridized carbons (Fsp3) is 0.0351. The maximum atomic E-state index is 12.1. The van der Waals surface area contributed by atoms with Gasteiger partial charge in [-0.1, -0.05) is 120 Å². The van der Waals surface area contributed by atoms with Gasteiger partial charge in [0.1, 0.15) is 33.6 Å². The number of phenolic OH excluding ortho intramolecular Hbond substituents is 1. The average Bonchev–Trinajstić information content (AvgIpc) is 4.13. The van der Waals surface area contributed by atoms with Crippen molar-refractivity contribution in [3.63, 3.8) is 0 Å². The number of carbonyl (C=O) groups is 1. The molecule has 1 aliphatic heterocycles. The topological polar surface area (TPSA) is 334 Å². The molecule has 6 heterocycles. The Morgan fingerprint density at radius 1 is 0.542 bits per heavy atom. The van der Waals surface area contributed by atoms with E-state index in [2.05, 4.69) is 98.3 Å². The summed E-state index contributed by atoms with van der Waals surface area (Å²) in [6, 6.07) is 52.2.